The molecule has 0 unspecified atom stereocenters. The number of hydrogen-bond donors (Lipinski definition) is 5. The number of aliphatic hydroxyl groups is 3. The lowest BCUT2D eigenvalue weighted by molar-refractivity contribution is -0.155. The molecule has 3 atom stereocenters. The van der Waals surface area contributed by atoms with Gasteiger partial charge in [0.15, 0.2) is 5.54 Å². The number of carbonyl (C=O) groups excluding carboxylic acids is 1. The Hall–Kier alpha value is -1.28. The predicted octanol–water partition coefficient (Wildman–Crippen LogP) is 2.31. The van der Waals surface area contributed by atoms with Gasteiger partial charge in [0, 0.05) is 12.8 Å². The second-order valence-electron chi connectivity index (χ2n) is 7.53. The Kier molecular flexibility index (Phi) is 14.9. The van der Waals surface area contributed by atoms with Crippen molar-refractivity contribution in [1.29, 1.82) is 0 Å². The minimum Gasteiger partial charge on any atom is -0.480 e. The number of carbonyl (C=O) groups is 2. The molecule has 0 heterocycles. The van der Waals surface area contributed by atoms with E-state index in [0.29, 0.717) is 18.6 Å². The maximum absolute atomic E-state index is 11.7. The van der Waals surface area contributed by atoms with E-state index in [-0.39, 0.29) is 6.42 Å². The number of rotatable bonds is 18. The van der Waals surface area contributed by atoms with E-state index in [2.05, 4.69) is 6.92 Å². The maximum atomic E-state index is 11.7. The number of allylic oxidation sites excluding steroid dienone is 1. The molecule has 0 amide bonds. The zero-order valence-corrected chi connectivity index (χ0v) is 17.2. The number of carboxylic acids is 1. The Morgan fingerprint density at radius 2 is 1.54 bits per heavy atom. The molecule has 28 heavy (non-hydrogen) atoms. The van der Waals surface area contributed by atoms with E-state index in [9.17, 15) is 19.8 Å². The van der Waals surface area contributed by atoms with Crippen molar-refractivity contribution in [3.63, 3.8) is 0 Å². The molecule has 0 saturated heterocycles. The summed E-state index contributed by atoms with van der Waals surface area (Å²) in [4.78, 5) is 22.7. The van der Waals surface area contributed by atoms with Gasteiger partial charge in [0.25, 0.3) is 0 Å². The van der Waals surface area contributed by atoms with Crippen LogP contribution in [0, 0.1) is 0 Å². The van der Waals surface area contributed by atoms with Crippen LogP contribution in [0.2, 0.25) is 0 Å². The van der Waals surface area contributed by atoms with Crippen molar-refractivity contribution in [2.24, 2.45) is 5.73 Å². The zero-order chi connectivity index (χ0) is 21.4. The third-order valence-corrected chi connectivity index (χ3v) is 4.98. The lowest BCUT2D eigenvalue weighted by Gasteiger charge is -2.30. The molecule has 0 fully saturated rings. The quantitative estimate of drug-likeness (QED) is 0.175. The van der Waals surface area contributed by atoms with Crippen molar-refractivity contribution in [3.8, 4) is 0 Å². The fourth-order valence-electron chi connectivity index (χ4n) is 2.93. The molecule has 7 nitrogen and oxygen atoms in total. The first-order valence-corrected chi connectivity index (χ1v) is 10.5. The molecule has 0 aromatic heterocycles. The van der Waals surface area contributed by atoms with Gasteiger partial charge in [-0.15, -0.1) is 0 Å². The molecular formula is C21H39NO6. The Bertz CT molecular complexity index is 468. The van der Waals surface area contributed by atoms with Crippen LogP contribution in [-0.2, 0) is 9.59 Å². The monoisotopic (exact) mass is 401 g/mol. The van der Waals surface area contributed by atoms with Crippen LogP contribution in [0.1, 0.15) is 84.0 Å². The van der Waals surface area contributed by atoms with E-state index in [1.54, 1.807) is 6.08 Å². The topological polar surface area (TPSA) is 141 Å². The molecule has 0 aromatic carbocycles. The van der Waals surface area contributed by atoms with Crippen LogP contribution in [0.25, 0.3) is 0 Å². The van der Waals surface area contributed by atoms with Gasteiger partial charge in [0.1, 0.15) is 11.9 Å². The van der Waals surface area contributed by atoms with Crippen molar-refractivity contribution >= 4 is 11.8 Å². The molecule has 0 bridgehead atoms. The Morgan fingerprint density at radius 1 is 0.964 bits per heavy atom. The minimum atomic E-state index is -2.28. The number of unbranched alkanes of at least 4 members (excludes halogenated alkanes) is 7. The highest BCUT2D eigenvalue weighted by atomic mass is 16.4. The summed E-state index contributed by atoms with van der Waals surface area (Å²) in [6, 6.07) is 0. The maximum Gasteiger partial charge on any atom is 0.328 e. The first kappa shape index (κ1) is 26.7. The third-order valence-electron chi connectivity index (χ3n) is 4.98. The number of ketones is 1. The molecule has 0 rings (SSSR count). The summed E-state index contributed by atoms with van der Waals surface area (Å²) >= 11 is 0. The van der Waals surface area contributed by atoms with Crippen LogP contribution >= 0.6 is 0 Å². The average molecular weight is 402 g/mol. The van der Waals surface area contributed by atoms with E-state index in [1.165, 1.54) is 12.8 Å². The number of nitrogens with two attached hydrogens (primary N) is 1. The van der Waals surface area contributed by atoms with E-state index in [0.717, 1.165) is 44.9 Å². The minimum absolute atomic E-state index is 0.0555. The Labute approximate surface area is 168 Å². The molecular weight excluding hydrogens is 362 g/mol. The number of Topliss-reactive ketones (excluding diaryl/α,β-unsaturated/α-hetero) is 1. The van der Waals surface area contributed by atoms with Crippen LogP contribution in [-0.4, -0.2) is 56.5 Å². The summed E-state index contributed by atoms with van der Waals surface area (Å²) in [6.07, 6.45) is 11.1. The normalized spacial score (nSPS) is 16.0. The van der Waals surface area contributed by atoms with Gasteiger partial charge in [0.2, 0.25) is 0 Å². The third kappa shape index (κ3) is 10.9. The highest BCUT2D eigenvalue weighted by Crippen LogP contribution is 2.15. The molecule has 0 aliphatic carbocycles. The average Bonchev–Trinajstić information content (AvgIpc) is 2.68. The number of aliphatic carboxylic acids is 1. The highest BCUT2D eigenvalue weighted by Gasteiger charge is 2.44. The van der Waals surface area contributed by atoms with Gasteiger partial charge in [-0.25, -0.2) is 0 Å². The zero-order valence-electron chi connectivity index (χ0n) is 17.2. The van der Waals surface area contributed by atoms with Gasteiger partial charge in [-0.2, -0.15) is 0 Å². The SMILES string of the molecule is CCCCCCC(=O)CCCCCC/C=C/C[C@@H](O)[C@H](O)[C@](N)(CO)C(=O)O. The predicted molar refractivity (Wildman–Crippen MR) is 109 cm³/mol. The number of hydrogen-bond acceptors (Lipinski definition) is 6. The molecule has 0 spiro atoms. The van der Waals surface area contributed by atoms with Crippen LogP contribution in [0.3, 0.4) is 0 Å². The van der Waals surface area contributed by atoms with Gasteiger partial charge in [-0.1, -0.05) is 51.2 Å². The van der Waals surface area contributed by atoms with E-state index in [4.69, 9.17) is 15.9 Å². The summed E-state index contributed by atoms with van der Waals surface area (Å²) in [7, 11) is 0. The van der Waals surface area contributed by atoms with Crippen molar-refractivity contribution in [2.45, 2.75) is 102 Å². The smallest absolute Gasteiger partial charge is 0.328 e. The number of carboxylic acid groups (broad SMARTS) is 1. The molecule has 0 aromatic rings. The summed E-state index contributed by atoms with van der Waals surface area (Å²) in [6.45, 7) is 1.19. The number of aliphatic hydroxyl groups excluding tert-OH is 3. The van der Waals surface area contributed by atoms with Gasteiger partial charge >= 0.3 is 5.97 Å². The summed E-state index contributed by atoms with van der Waals surface area (Å²) in [5.41, 5.74) is 3.16. The van der Waals surface area contributed by atoms with Crippen LogP contribution < -0.4 is 5.73 Å². The molecule has 164 valence electrons. The second kappa shape index (κ2) is 15.6. The van der Waals surface area contributed by atoms with Crippen LogP contribution in [0.4, 0.5) is 0 Å². The van der Waals surface area contributed by atoms with Gasteiger partial charge in [-0.3, -0.25) is 9.59 Å². The molecule has 0 saturated carbocycles. The van der Waals surface area contributed by atoms with Crippen LogP contribution in [0.15, 0.2) is 12.2 Å². The molecule has 6 N–H and O–H groups in total. The largest absolute Gasteiger partial charge is 0.480 e. The van der Waals surface area contributed by atoms with E-state index in [1.807, 2.05) is 6.08 Å². The van der Waals surface area contributed by atoms with E-state index < -0.39 is 30.3 Å². The van der Waals surface area contributed by atoms with Crippen molar-refractivity contribution < 1.29 is 30.0 Å². The highest BCUT2D eigenvalue weighted by molar-refractivity contribution is 5.79. The standard InChI is InChI=1S/C21H39NO6/c1-2-3-4-10-13-17(24)14-11-8-6-5-7-9-12-15-18(25)19(26)21(22,16-23)20(27)28/h9,12,18-19,23,25-26H,2-8,10-11,13-16,22H2,1H3,(H,27,28)/b12-9+/t18-,19+,21-/m1/s1. The molecule has 0 radical (unpaired) electrons. The lowest BCUT2D eigenvalue weighted by Crippen LogP contribution is -2.63. The molecule has 0 aliphatic rings. The second-order valence-corrected chi connectivity index (χ2v) is 7.53. The van der Waals surface area contributed by atoms with Gasteiger partial charge in [-0.05, 0) is 32.1 Å². The van der Waals surface area contributed by atoms with E-state index >= 15 is 0 Å². The summed E-state index contributed by atoms with van der Waals surface area (Å²) in [5.74, 6) is -1.20. The van der Waals surface area contributed by atoms with Crippen molar-refractivity contribution in [3.05, 3.63) is 12.2 Å². The fourth-order valence-corrected chi connectivity index (χ4v) is 2.93. The van der Waals surface area contributed by atoms with Gasteiger partial charge < -0.3 is 26.2 Å². The van der Waals surface area contributed by atoms with Crippen molar-refractivity contribution in [1.82, 2.24) is 0 Å². The molecule has 7 heteroatoms. The van der Waals surface area contributed by atoms with Gasteiger partial charge in [0.05, 0.1) is 12.7 Å². The first-order valence-electron chi connectivity index (χ1n) is 10.5. The molecule has 0 aliphatic heterocycles. The first-order chi connectivity index (χ1) is 13.3. The Balaban J connectivity index is 3.80. The van der Waals surface area contributed by atoms with Crippen LogP contribution in [0.5, 0.6) is 0 Å². The fraction of sp³-hybridized carbons (Fsp3) is 0.810. The van der Waals surface area contributed by atoms with Crippen molar-refractivity contribution in [2.75, 3.05) is 6.61 Å². The lowest BCUT2D eigenvalue weighted by atomic mass is 9.89. The Morgan fingerprint density at radius 3 is 2.07 bits per heavy atom. The summed E-state index contributed by atoms with van der Waals surface area (Å²) < 4.78 is 0. The summed E-state index contributed by atoms with van der Waals surface area (Å²) in [5, 5.41) is 37.8.